The minimum absolute atomic E-state index is 0.0387. The van der Waals surface area contributed by atoms with Gasteiger partial charge in [0.25, 0.3) is 5.91 Å². The van der Waals surface area contributed by atoms with Gasteiger partial charge in [-0.05, 0) is 36.4 Å². The molecule has 0 spiro atoms. The number of fused-ring (bicyclic) bond motifs is 1. The molecule has 1 atom stereocenters. The van der Waals surface area contributed by atoms with Gasteiger partial charge in [-0.25, -0.2) is 9.98 Å². The second-order valence-corrected chi connectivity index (χ2v) is 6.57. The molecular formula is C21H16F3N5O2. The molecule has 1 unspecified atom stereocenters. The Balaban J connectivity index is 1.58. The number of benzene rings is 2. The first-order chi connectivity index (χ1) is 14.8. The molecule has 1 amide bonds. The van der Waals surface area contributed by atoms with Crippen molar-refractivity contribution in [1.82, 2.24) is 10.3 Å². The van der Waals surface area contributed by atoms with E-state index in [0.717, 1.165) is 12.1 Å². The molecule has 0 aliphatic carbocycles. The third kappa shape index (κ3) is 4.64. The molecular weight excluding hydrogens is 411 g/mol. The SMILES string of the molecule is NC1N=C(Oc2ccc3c(C(=O)Nc4cccc(C(F)(F)F)c4)cccc3n2)C=CN1. The van der Waals surface area contributed by atoms with E-state index in [9.17, 15) is 18.0 Å². The second-order valence-electron chi connectivity index (χ2n) is 6.57. The van der Waals surface area contributed by atoms with E-state index < -0.39 is 23.9 Å². The van der Waals surface area contributed by atoms with Crippen molar-refractivity contribution < 1.29 is 22.7 Å². The lowest BCUT2D eigenvalue weighted by Gasteiger charge is -2.14. The molecule has 0 fully saturated rings. The summed E-state index contributed by atoms with van der Waals surface area (Å²) in [4.78, 5) is 21.2. The van der Waals surface area contributed by atoms with Crippen molar-refractivity contribution in [2.45, 2.75) is 12.5 Å². The Morgan fingerprint density at radius 1 is 1.13 bits per heavy atom. The molecule has 158 valence electrons. The van der Waals surface area contributed by atoms with Gasteiger partial charge in [-0.2, -0.15) is 13.2 Å². The molecule has 2 heterocycles. The molecule has 3 aromatic rings. The van der Waals surface area contributed by atoms with Crippen molar-refractivity contribution in [2.75, 3.05) is 5.32 Å². The third-order valence-corrected chi connectivity index (χ3v) is 4.37. The van der Waals surface area contributed by atoms with E-state index in [0.29, 0.717) is 10.9 Å². The van der Waals surface area contributed by atoms with Crippen LogP contribution in [0.3, 0.4) is 0 Å². The summed E-state index contributed by atoms with van der Waals surface area (Å²) in [6.45, 7) is 0. The van der Waals surface area contributed by atoms with E-state index in [-0.39, 0.29) is 23.0 Å². The smallest absolute Gasteiger partial charge is 0.416 e. The number of nitrogens with one attached hydrogen (secondary N) is 2. The Bertz CT molecular complexity index is 1210. The van der Waals surface area contributed by atoms with Crippen molar-refractivity contribution in [3.8, 4) is 5.88 Å². The van der Waals surface area contributed by atoms with Gasteiger partial charge in [0.15, 0.2) is 6.29 Å². The van der Waals surface area contributed by atoms with Crippen molar-refractivity contribution in [3.05, 3.63) is 78.0 Å². The number of nitrogens with two attached hydrogens (primary N) is 1. The molecule has 10 heteroatoms. The molecule has 7 nitrogen and oxygen atoms in total. The van der Waals surface area contributed by atoms with Crippen LogP contribution in [0.5, 0.6) is 5.88 Å². The van der Waals surface area contributed by atoms with Gasteiger partial charge in [0.1, 0.15) is 0 Å². The van der Waals surface area contributed by atoms with Gasteiger partial charge in [0.2, 0.25) is 11.8 Å². The Labute approximate surface area is 174 Å². The van der Waals surface area contributed by atoms with Crippen molar-refractivity contribution >= 4 is 28.4 Å². The van der Waals surface area contributed by atoms with E-state index in [2.05, 4.69) is 20.6 Å². The number of hydrogen-bond acceptors (Lipinski definition) is 6. The van der Waals surface area contributed by atoms with Gasteiger partial charge in [-0.15, -0.1) is 0 Å². The highest BCUT2D eigenvalue weighted by Crippen LogP contribution is 2.31. The topological polar surface area (TPSA) is 102 Å². The number of nitrogens with zero attached hydrogens (tertiary/aromatic N) is 2. The fraction of sp³-hybridized carbons (Fsp3) is 0.0952. The Hall–Kier alpha value is -3.92. The molecule has 1 aromatic heterocycles. The number of aliphatic imine (C=N–C) groups is 1. The fourth-order valence-corrected chi connectivity index (χ4v) is 2.97. The summed E-state index contributed by atoms with van der Waals surface area (Å²) in [6.07, 6.45) is -1.93. The summed E-state index contributed by atoms with van der Waals surface area (Å²) in [7, 11) is 0. The molecule has 1 aliphatic heterocycles. The summed E-state index contributed by atoms with van der Waals surface area (Å²) < 4.78 is 44.3. The fourth-order valence-electron chi connectivity index (χ4n) is 2.97. The van der Waals surface area contributed by atoms with Crippen LogP contribution in [0.2, 0.25) is 0 Å². The minimum Gasteiger partial charge on any atom is -0.421 e. The highest BCUT2D eigenvalue weighted by atomic mass is 19.4. The number of aromatic nitrogens is 1. The summed E-state index contributed by atoms with van der Waals surface area (Å²) in [5, 5.41) is 5.80. The average molecular weight is 427 g/mol. The molecule has 0 bridgehead atoms. The summed E-state index contributed by atoms with van der Waals surface area (Å²) in [6, 6.07) is 12.5. The van der Waals surface area contributed by atoms with Crippen LogP contribution in [-0.2, 0) is 6.18 Å². The van der Waals surface area contributed by atoms with Crippen LogP contribution < -0.4 is 21.1 Å². The van der Waals surface area contributed by atoms with Crippen molar-refractivity contribution in [3.63, 3.8) is 0 Å². The lowest BCUT2D eigenvalue weighted by Crippen LogP contribution is -2.36. The van der Waals surface area contributed by atoms with E-state index in [1.807, 2.05) is 0 Å². The minimum atomic E-state index is -4.50. The van der Waals surface area contributed by atoms with Crippen LogP contribution >= 0.6 is 0 Å². The van der Waals surface area contributed by atoms with E-state index in [4.69, 9.17) is 10.5 Å². The van der Waals surface area contributed by atoms with Gasteiger partial charge in [-0.1, -0.05) is 12.1 Å². The van der Waals surface area contributed by atoms with Crippen LogP contribution in [0.25, 0.3) is 10.9 Å². The molecule has 0 saturated carbocycles. The molecule has 0 saturated heterocycles. The first kappa shape index (κ1) is 20.4. The molecule has 4 rings (SSSR count). The Morgan fingerprint density at radius 2 is 1.94 bits per heavy atom. The number of hydrogen-bond donors (Lipinski definition) is 3. The summed E-state index contributed by atoms with van der Waals surface area (Å²) in [5.74, 6) is -0.0333. The largest absolute Gasteiger partial charge is 0.421 e. The number of ether oxygens (including phenoxy) is 1. The number of carbonyl (C=O) groups excluding carboxylic acids is 1. The van der Waals surface area contributed by atoms with E-state index in [1.54, 1.807) is 42.6 Å². The maximum Gasteiger partial charge on any atom is 0.416 e. The molecule has 4 N–H and O–H groups in total. The van der Waals surface area contributed by atoms with Crippen LogP contribution in [0.1, 0.15) is 15.9 Å². The number of halogens is 3. The van der Waals surface area contributed by atoms with Gasteiger partial charge < -0.3 is 15.4 Å². The predicted octanol–water partition coefficient (Wildman–Crippen LogP) is 3.64. The van der Waals surface area contributed by atoms with E-state index in [1.165, 1.54) is 12.1 Å². The molecule has 2 aromatic carbocycles. The number of anilines is 1. The molecule has 31 heavy (non-hydrogen) atoms. The van der Waals surface area contributed by atoms with Crippen molar-refractivity contribution in [1.29, 1.82) is 0 Å². The summed E-state index contributed by atoms with van der Waals surface area (Å²) in [5.41, 5.74) is 5.58. The normalized spacial score (nSPS) is 15.9. The van der Waals surface area contributed by atoms with Gasteiger partial charge in [0, 0.05) is 35.0 Å². The standard InChI is InChI=1S/C21H16F3N5O2/c22-21(23,24)12-3-1-4-13(11-12)27-19(30)15-5-2-6-16-14(15)7-8-17(28-16)31-18-9-10-26-20(25)29-18/h1-11,20,26H,25H2,(H,27,30). The third-order valence-electron chi connectivity index (χ3n) is 4.37. The van der Waals surface area contributed by atoms with E-state index >= 15 is 0 Å². The second kappa shape index (κ2) is 8.07. The van der Waals surface area contributed by atoms with Crippen molar-refractivity contribution in [2.24, 2.45) is 10.7 Å². The lowest BCUT2D eigenvalue weighted by molar-refractivity contribution is -0.137. The Morgan fingerprint density at radius 3 is 2.71 bits per heavy atom. The van der Waals surface area contributed by atoms with Crippen LogP contribution in [-0.4, -0.2) is 23.1 Å². The molecule has 1 aliphatic rings. The van der Waals surface area contributed by atoms with Gasteiger partial charge in [-0.3, -0.25) is 10.5 Å². The first-order valence-corrected chi connectivity index (χ1v) is 9.12. The quantitative estimate of drug-likeness (QED) is 0.592. The number of carbonyl (C=O) groups is 1. The first-order valence-electron chi connectivity index (χ1n) is 9.12. The zero-order valence-electron chi connectivity index (χ0n) is 15.9. The summed E-state index contributed by atoms with van der Waals surface area (Å²) >= 11 is 0. The van der Waals surface area contributed by atoms with Crippen LogP contribution in [0, 0.1) is 0 Å². The monoisotopic (exact) mass is 427 g/mol. The zero-order valence-corrected chi connectivity index (χ0v) is 15.9. The average Bonchev–Trinajstić information content (AvgIpc) is 2.73. The number of alkyl halides is 3. The number of pyridine rings is 1. The highest BCUT2D eigenvalue weighted by Gasteiger charge is 2.30. The zero-order chi connectivity index (χ0) is 22.0. The number of rotatable bonds is 3. The highest BCUT2D eigenvalue weighted by molar-refractivity contribution is 6.12. The maximum atomic E-state index is 12.9. The molecule has 0 radical (unpaired) electrons. The number of amides is 1. The Kier molecular flexibility index (Phi) is 5.30. The van der Waals surface area contributed by atoms with Gasteiger partial charge in [0.05, 0.1) is 11.1 Å². The lowest BCUT2D eigenvalue weighted by atomic mass is 10.1. The van der Waals surface area contributed by atoms with Crippen LogP contribution in [0.4, 0.5) is 18.9 Å². The van der Waals surface area contributed by atoms with Crippen LogP contribution in [0.15, 0.2) is 71.9 Å². The van der Waals surface area contributed by atoms with Gasteiger partial charge >= 0.3 is 6.18 Å². The maximum absolute atomic E-state index is 12.9. The predicted molar refractivity (Wildman–Crippen MR) is 109 cm³/mol.